The van der Waals surface area contributed by atoms with Gasteiger partial charge in [0.2, 0.25) is 17.7 Å². The van der Waals surface area contributed by atoms with Crippen LogP contribution in [0.2, 0.25) is 5.02 Å². The molecule has 1 amide bonds. The first-order chi connectivity index (χ1) is 17.4. The van der Waals surface area contributed by atoms with Gasteiger partial charge in [0, 0.05) is 23.8 Å². The maximum Gasteiger partial charge on any atom is 0.250 e. The molecule has 0 bridgehead atoms. The van der Waals surface area contributed by atoms with E-state index < -0.39 is 50.1 Å². The number of sulfone groups is 1. The van der Waals surface area contributed by atoms with E-state index in [0.29, 0.717) is 10.6 Å². The third kappa shape index (κ3) is 5.10. The van der Waals surface area contributed by atoms with Gasteiger partial charge in [-0.15, -0.1) is 10.2 Å². The number of hydrogen-bond acceptors (Lipinski definition) is 7. The van der Waals surface area contributed by atoms with Gasteiger partial charge in [0.25, 0.3) is 5.89 Å². The summed E-state index contributed by atoms with van der Waals surface area (Å²) >= 11 is 5.95. The molecule has 5 rings (SSSR count). The number of hydrogen-bond donors (Lipinski definition) is 1. The van der Waals surface area contributed by atoms with Crippen molar-refractivity contribution in [2.45, 2.75) is 55.0 Å². The van der Waals surface area contributed by atoms with Gasteiger partial charge in [-0.1, -0.05) is 23.7 Å². The fraction of sp³-hybridized carbons (Fsp3) is 0.375. The van der Waals surface area contributed by atoms with Crippen LogP contribution in [0, 0.1) is 5.82 Å². The Labute approximate surface area is 215 Å². The van der Waals surface area contributed by atoms with Gasteiger partial charge in [0.1, 0.15) is 5.82 Å². The van der Waals surface area contributed by atoms with Crippen molar-refractivity contribution in [2.75, 3.05) is 10.7 Å². The summed E-state index contributed by atoms with van der Waals surface area (Å²) in [7, 11) is -4.12. The molecular formula is C24H22ClF3N4O4S. The quantitative estimate of drug-likeness (QED) is 0.505. The van der Waals surface area contributed by atoms with Gasteiger partial charge >= 0.3 is 0 Å². The van der Waals surface area contributed by atoms with Gasteiger partial charge in [0.15, 0.2) is 9.84 Å². The van der Waals surface area contributed by atoms with E-state index in [1.165, 1.54) is 11.0 Å². The van der Waals surface area contributed by atoms with Crippen LogP contribution in [0.15, 0.2) is 45.7 Å². The number of nitrogens with zero attached hydrogens (tertiary/aromatic N) is 3. The van der Waals surface area contributed by atoms with Gasteiger partial charge in [-0.25, -0.2) is 21.6 Å². The molecule has 1 aromatic heterocycles. The molecule has 3 aromatic rings. The van der Waals surface area contributed by atoms with Crippen molar-refractivity contribution in [2.24, 2.45) is 5.73 Å². The Bertz CT molecular complexity index is 1450. The normalized spacial score (nSPS) is 21.5. The van der Waals surface area contributed by atoms with Gasteiger partial charge in [0.05, 0.1) is 34.5 Å². The Hall–Kier alpha value is -2.96. The van der Waals surface area contributed by atoms with Crippen LogP contribution in [0.3, 0.4) is 0 Å². The van der Waals surface area contributed by atoms with E-state index in [1.807, 2.05) is 0 Å². The first-order valence-electron chi connectivity index (χ1n) is 11.5. The van der Waals surface area contributed by atoms with Gasteiger partial charge in [-0.2, -0.15) is 0 Å². The van der Waals surface area contributed by atoms with Gasteiger partial charge < -0.3 is 15.1 Å². The Balaban J connectivity index is 1.56. The Kier molecular flexibility index (Phi) is 6.53. The molecule has 2 aromatic carbocycles. The molecule has 1 fully saturated rings. The minimum Gasteiger partial charge on any atom is -0.420 e. The lowest BCUT2D eigenvalue weighted by Gasteiger charge is -2.25. The molecule has 1 aliphatic heterocycles. The molecule has 8 nitrogen and oxygen atoms in total. The number of nitrogens with two attached hydrogens (primary N) is 1. The fourth-order valence-corrected chi connectivity index (χ4v) is 6.31. The van der Waals surface area contributed by atoms with E-state index in [-0.39, 0.29) is 55.3 Å². The molecule has 196 valence electrons. The lowest BCUT2D eigenvalue weighted by molar-refractivity contribution is -0.119. The van der Waals surface area contributed by atoms with E-state index in [1.54, 1.807) is 24.3 Å². The number of carbonyl (C=O) groups excluding carboxylic acids is 1. The molecule has 13 heteroatoms. The predicted molar refractivity (Wildman–Crippen MR) is 129 cm³/mol. The molecule has 0 radical (unpaired) electrons. The highest BCUT2D eigenvalue weighted by Crippen LogP contribution is 2.42. The molecule has 1 atom stereocenters. The summed E-state index contributed by atoms with van der Waals surface area (Å²) in [5.74, 6) is -5.60. The van der Waals surface area contributed by atoms with Crippen LogP contribution < -0.4 is 10.6 Å². The monoisotopic (exact) mass is 554 g/mol. The molecule has 1 saturated carbocycles. The second kappa shape index (κ2) is 9.41. The lowest BCUT2D eigenvalue weighted by Crippen LogP contribution is -2.45. The molecule has 1 aliphatic carbocycles. The van der Waals surface area contributed by atoms with Crippen LogP contribution >= 0.6 is 11.6 Å². The minimum absolute atomic E-state index is 0.0529. The molecule has 0 saturated heterocycles. The van der Waals surface area contributed by atoms with Crippen LogP contribution in [0.1, 0.15) is 43.1 Å². The zero-order valence-electron chi connectivity index (χ0n) is 19.3. The molecule has 0 spiro atoms. The van der Waals surface area contributed by atoms with Crippen LogP contribution in [-0.2, 0) is 21.2 Å². The van der Waals surface area contributed by atoms with Crippen molar-refractivity contribution in [3.05, 3.63) is 58.7 Å². The van der Waals surface area contributed by atoms with Crippen LogP contribution in [0.4, 0.5) is 18.9 Å². The van der Waals surface area contributed by atoms with E-state index in [4.69, 9.17) is 21.8 Å². The maximum atomic E-state index is 15.2. The number of benzene rings is 2. The Morgan fingerprint density at radius 2 is 1.81 bits per heavy atom. The SMILES string of the molecule is N[C@H]1CS(=O)(=O)c2cc(F)c(-c3nnc(C4CCC(F)(F)CC4)o3)cc2N(Cc2ccc(Cl)cc2)C1=O. The zero-order valence-corrected chi connectivity index (χ0v) is 20.9. The standard InChI is InChI=1S/C24H22ClF3N4O4S/c25-15-3-1-13(2-4-15)11-32-19-9-16(17(26)10-20(19)37(34,35)12-18(29)23(32)33)22-31-30-21(36-22)14-5-7-24(27,28)8-6-14/h1-4,9-10,14,18H,5-8,11-12,29H2/t18-/m0/s1. The topological polar surface area (TPSA) is 119 Å². The second-order valence-electron chi connectivity index (χ2n) is 9.31. The third-order valence-electron chi connectivity index (χ3n) is 6.65. The van der Waals surface area contributed by atoms with Crippen molar-refractivity contribution in [1.82, 2.24) is 10.2 Å². The minimum atomic E-state index is -4.12. The van der Waals surface area contributed by atoms with Gasteiger partial charge in [-0.3, -0.25) is 4.79 Å². The highest BCUT2D eigenvalue weighted by atomic mass is 35.5. The van der Waals surface area contributed by atoms with Crippen LogP contribution in [0.25, 0.3) is 11.5 Å². The summed E-state index contributed by atoms with van der Waals surface area (Å²) in [6, 6.07) is 7.19. The number of amides is 1. The number of halogens is 4. The van der Waals surface area contributed by atoms with Crippen LogP contribution in [0.5, 0.6) is 0 Å². The van der Waals surface area contributed by atoms with Crippen molar-refractivity contribution in [3.63, 3.8) is 0 Å². The lowest BCUT2D eigenvalue weighted by atomic mass is 9.87. The molecular weight excluding hydrogens is 533 g/mol. The molecule has 2 heterocycles. The largest absolute Gasteiger partial charge is 0.420 e. The first-order valence-corrected chi connectivity index (χ1v) is 13.6. The number of alkyl halides is 2. The average molecular weight is 555 g/mol. The maximum absolute atomic E-state index is 15.2. The third-order valence-corrected chi connectivity index (χ3v) is 8.70. The molecule has 2 N–H and O–H groups in total. The van der Waals surface area contributed by atoms with Crippen molar-refractivity contribution >= 4 is 33.0 Å². The summed E-state index contributed by atoms with van der Waals surface area (Å²) < 4.78 is 74.0. The number of carbonyl (C=O) groups is 1. The second-order valence-corrected chi connectivity index (χ2v) is 11.8. The predicted octanol–water partition coefficient (Wildman–Crippen LogP) is 4.47. The number of anilines is 1. The van der Waals surface area contributed by atoms with Crippen molar-refractivity contribution in [1.29, 1.82) is 0 Å². The average Bonchev–Trinajstić information content (AvgIpc) is 3.30. The van der Waals surface area contributed by atoms with E-state index in [2.05, 4.69) is 10.2 Å². The van der Waals surface area contributed by atoms with Gasteiger partial charge in [-0.05, 0) is 42.7 Å². The summed E-state index contributed by atoms with van der Waals surface area (Å²) in [6.07, 6.45) is -0.355. The van der Waals surface area contributed by atoms with E-state index >= 15 is 4.39 Å². The van der Waals surface area contributed by atoms with Crippen molar-refractivity contribution < 1.29 is 30.8 Å². The Morgan fingerprint density at radius 3 is 2.49 bits per heavy atom. The first kappa shape index (κ1) is 25.7. The fourth-order valence-electron chi connectivity index (χ4n) is 4.61. The summed E-state index contributed by atoms with van der Waals surface area (Å²) in [6.45, 7) is -0.0529. The highest BCUT2D eigenvalue weighted by Gasteiger charge is 2.39. The Morgan fingerprint density at radius 1 is 1.14 bits per heavy atom. The highest BCUT2D eigenvalue weighted by molar-refractivity contribution is 7.91. The molecule has 0 unspecified atom stereocenters. The molecule has 37 heavy (non-hydrogen) atoms. The summed E-state index contributed by atoms with van der Waals surface area (Å²) in [4.78, 5) is 14.0. The zero-order chi connectivity index (χ0) is 26.5. The smallest absolute Gasteiger partial charge is 0.250 e. The molecule has 2 aliphatic rings. The van der Waals surface area contributed by atoms with Crippen molar-refractivity contribution in [3.8, 4) is 11.5 Å². The van der Waals surface area contributed by atoms with E-state index in [9.17, 15) is 22.0 Å². The summed E-state index contributed by atoms with van der Waals surface area (Å²) in [5, 5.41) is 8.29. The van der Waals surface area contributed by atoms with E-state index in [0.717, 1.165) is 6.07 Å². The summed E-state index contributed by atoms with van der Waals surface area (Å²) in [5.41, 5.74) is 6.24. The number of rotatable bonds is 4. The number of fused-ring (bicyclic) bond motifs is 1. The van der Waals surface area contributed by atoms with Crippen LogP contribution in [-0.4, -0.2) is 42.2 Å². The number of aromatic nitrogens is 2.